The average Bonchev–Trinajstić information content (AvgIpc) is 3.26. The molecule has 1 saturated heterocycles. The molecule has 1 aliphatic rings. The molecule has 0 bridgehead atoms. The van der Waals surface area contributed by atoms with Crippen molar-refractivity contribution in [3.05, 3.63) is 35.2 Å². The van der Waals surface area contributed by atoms with Gasteiger partial charge in [-0.25, -0.2) is 0 Å². The average molecular weight is 359 g/mol. The maximum atomic E-state index is 12.5. The second kappa shape index (κ2) is 6.47. The molecular formula is C19H22N2OS2. The van der Waals surface area contributed by atoms with E-state index in [-0.39, 0.29) is 5.91 Å². The smallest absolute Gasteiger partial charge is 0.261 e. The molecule has 126 valence electrons. The first-order chi connectivity index (χ1) is 11.6. The number of fused-ring (bicyclic) bond motifs is 3. The van der Waals surface area contributed by atoms with Crippen molar-refractivity contribution < 1.29 is 4.79 Å². The van der Waals surface area contributed by atoms with Crippen LogP contribution in [0.3, 0.4) is 0 Å². The summed E-state index contributed by atoms with van der Waals surface area (Å²) in [6, 6.07) is 11.1. The van der Waals surface area contributed by atoms with Gasteiger partial charge in [0.05, 0.1) is 9.58 Å². The van der Waals surface area contributed by atoms with Crippen molar-refractivity contribution in [2.24, 2.45) is 5.92 Å². The van der Waals surface area contributed by atoms with Gasteiger partial charge in [0.25, 0.3) is 5.91 Å². The molecule has 3 nitrogen and oxygen atoms in total. The maximum absolute atomic E-state index is 12.5. The molecule has 3 aromatic rings. The second-order valence-electron chi connectivity index (χ2n) is 6.86. The highest BCUT2D eigenvalue weighted by molar-refractivity contribution is 7.33. The third kappa shape index (κ3) is 2.96. The van der Waals surface area contributed by atoms with Crippen LogP contribution < -0.4 is 5.32 Å². The zero-order valence-corrected chi connectivity index (χ0v) is 15.7. The van der Waals surface area contributed by atoms with E-state index in [9.17, 15) is 4.79 Å². The molecule has 1 aromatic carbocycles. The Labute approximate surface area is 150 Å². The van der Waals surface area contributed by atoms with E-state index in [2.05, 4.69) is 54.4 Å². The molecule has 0 spiro atoms. The van der Waals surface area contributed by atoms with Crippen LogP contribution in [0.5, 0.6) is 0 Å². The van der Waals surface area contributed by atoms with Crippen molar-refractivity contribution in [2.75, 3.05) is 19.6 Å². The van der Waals surface area contributed by atoms with E-state index in [4.69, 9.17) is 0 Å². The number of amides is 1. The fourth-order valence-electron chi connectivity index (χ4n) is 3.43. The number of thiophene rings is 2. The Bertz CT molecular complexity index is 880. The molecule has 1 amide bonds. The lowest BCUT2D eigenvalue weighted by molar-refractivity contribution is 0.0951. The Morgan fingerprint density at radius 3 is 2.92 bits per heavy atom. The predicted octanol–water partition coefficient (Wildman–Crippen LogP) is 4.58. The Kier molecular flexibility index (Phi) is 4.33. The van der Waals surface area contributed by atoms with Crippen LogP contribution in [0.25, 0.3) is 19.5 Å². The molecule has 1 unspecified atom stereocenters. The van der Waals surface area contributed by atoms with Gasteiger partial charge in [0.2, 0.25) is 0 Å². The first-order valence-corrected chi connectivity index (χ1v) is 10.2. The Hall–Kier alpha value is -1.43. The van der Waals surface area contributed by atoms with Gasteiger partial charge in [0.1, 0.15) is 0 Å². The van der Waals surface area contributed by atoms with Crippen LogP contribution in [0.1, 0.15) is 29.9 Å². The van der Waals surface area contributed by atoms with Crippen LogP contribution in [0.2, 0.25) is 0 Å². The zero-order chi connectivity index (χ0) is 16.7. The van der Waals surface area contributed by atoms with Gasteiger partial charge in [0.15, 0.2) is 0 Å². The number of likely N-dealkylation sites (tertiary alicyclic amines) is 1. The fourth-order valence-corrected chi connectivity index (χ4v) is 5.88. The van der Waals surface area contributed by atoms with Gasteiger partial charge in [-0.2, -0.15) is 0 Å². The molecule has 5 heteroatoms. The van der Waals surface area contributed by atoms with Crippen LogP contribution in [0.4, 0.5) is 0 Å². The molecule has 4 rings (SSSR count). The molecule has 0 aliphatic carbocycles. The summed E-state index contributed by atoms with van der Waals surface area (Å²) in [7, 11) is 0. The summed E-state index contributed by atoms with van der Waals surface area (Å²) in [5, 5.41) is 4.42. The van der Waals surface area contributed by atoms with Gasteiger partial charge < -0.3 is 10.2 Å². The number of carbonyl (C=O) groups is 1. The molecule has 3 heterocycles. The van der Waals surface area contributed by atoms with Gasteiger partial charge in [-0.15, -0.1) is 22.7 Å². The highest BCUT2D eigenvalue weighted by atomic mass is 32.1. The summed E-state index contributed by atoms with van der Waals surface area (Å²) in [5.74, 6) is 0.661. The Morgan fingerprint density at radius 1 is 1.29 bits per heavy atom. The van der Waals surface area contributed by atoms with Crippen molar-refractivity contribution in [3.8, 4) is 0 Å². The summed E-state index contributed by atoms with van der Waals surface area (Å²) in [6.45, 7) is 7.52. The summed E-state index contributed by atoms with van der Waals surface area (Å²) in [4.78, 5) is 15.8. The van der Waals surface area contributed by atoms with Gasteiger partial charge >= 0.3 is 0 Å². The molecule has 1 fully saturated rings. The van der Waals surface area contributed by atoms with Gasteiger partial charge in [-0.3, -0.25) is 4.79 Å². The largest absolute Gasteiger partial charge is 0.351 e. The molecular weight excluding hydrogens is 336 g/mol. The van der Waals surface area contributed by atoms with Crippen LogP contribution in [0.15, 0.2) is 30.3 Å². The maximum Gasteiger partial charge on any atom is 0.261 e. The third-order valence-electron chi connectivity index (χ3n) is 4.87. The Morgan fingerprint density at radius 2 is 2.12 bits per heavy atom. The summed E-state index contributed by atoms with van der Waals surface area (Å²) >= 11 is 3.39. The van der Waals surface area contributed by atoms with E-state index < -0.39 is 0 Å². The van der Waals surface area contributed by atoms with E-state index in [1.807, 2.05) is 0 Å². The number of benzene rings is 1. The quantitative estimate of drug-likeness (QED) is 0.740. The van der Waals surface area contributed by atoms with Crippen molar-refractivity contribution in [3.63, 3.8) is 0 Å². The first kappa shape index (κ1) is 16.1. The van der Waals surface area contributed by atoms with E-state index in [0.29, 0.717) is 12.0 Å². The minimum atomic E-state index is 0.0791. The lowest BCUT2D eigenvalue weighted by Gasteiger charge is -2.20. The lowest BCUT2D eigenvalue weighted by atomic mass is 10.1. The number of hydrogen-bond donors (Lipinski definition) is 1. The van der Waals surface area contributed by atoms with Crippen LogP contribution in [-0.4, -0.2) is 36.5 Å². The van der Waals surface area contributed by atoms with Crippen molar-refractivity contribution in [2.45, 2.75) is 26.3 Å². The van der Waals surface area contributed by atoms with Crippen molar-refractivity contribution in [1.82, 2.24) is 10.2 Å². The van der Waals surface area contributed by atoms with Crippen LogP contribution in [0, 0.1) is 5.92 Å². The summed E-state index contributed by atoms with van der Waals surface area (Å²) in [5.41, 5.74) is 0. The van der Waals surface area contributed by atoms with Crippen molar-refractivity contribution >= 4 is 48.1 Å². The standard InChI is InChI=1S/C19H22N2OS2/c1-12(2)21-8-7-13(11-21)10-20-19(22)17-9-16-18(24-17)14-5-3-4-6-15(14)23-16/h3-6,9,12-13H,7-8,10-11H2,1-2H3,(H,20,22). The molecule has 0 radical (unpaired) electrons. The van der Waals surface area contributed by atoms with Gasteiger partial charge in [0, 0.05) is 33.9 Å². The second-order valence-corrected chi connectivity index (χ2v) is 8.99. The number of nitrogens with one attached hydrogen (secondary N) is 1. The molecule has 1 N–H and O–H groups in total. The third-order valence-corrected chi connectivity index (χ3v) is 7.29. The van der Waals surface area contributed by atoms with Crippen LogP contribution >= 0.6 is 22.7 Å². The molecule has 1 atom stereocenters. The van der Waals surface area contributed by atoms with Crippen molar-refractivity contribution in [1.29, 1.82) is 0 Å². The van der Waals surface area contributed by atoms with Gasteiger partial charge in [-0.05, 0) is 44.9 Å². The highest BCUT2D eigenvalue weighted by Gasteiger charge is 2.24. The minimum absolute atomic E-state index is 0.0791. The lowest BCUT2D eigenvalue weighted by Crippen LogP contribution is -2.32. The number of rotatable bonds is 4. The normalized spacial score (nSPS) is 18.9. The van der Waals surface area contributed by atoms with E-state index in [1.54, 1.807) is 22.7 Å². The zero-order valence-electron chi connectivity index (χ0n) is 14.0. The Balaban J connectivity index is 1.44. The fraction of sp³-hybridized carbons (Fsp3) is 0.421. The minimum Gasteiger partial charge on any atom is -0.351 e. The highest BCUT2D eigenvalue weighted by Crippen LogP contribution is 2.39. The number of nitrogens with zero attached hydrogens (tertiary/aromatic N) is 1. The van der Waals surface area contributed by atoms with Gasteiger partial charge in [-0.1, -0.05) is 18.2 Å². The van der Waals surface area contributed by atoms with Crippen LogP contribution in [-0.2, 0) is 0 Å². The SMILES string of the molecule is CC(C)N1CCC(CNC(=O)c2cc3sc4ccccc4c3s2)C1. The van der Waals surface area contributed by atoms with E-state index >= 15 is 0 Å². The molecule has 24 heavy (non-hydrogen) atoms. The summed E-state index contributed by atoms with van der Waals surface area (Å²) in [6.07, 6.45) is 1.18. The molecule has 2 aromatic heterocycles. The summed E-state index contributed by atoms with van der Waals surface area (Å²) < 4.78 is 3.76. The molecule has 1 aliphatic heterocycles. The first-order valence-electron chi connectivity index (χ1n) is 8.55. The monoisotopic (exact) mass is 358 g/mol. The van der Waals surface area contributed by atoms with E-state index in [0.717, 1.165) is 24.5 Å². The number of hydrogen-bond acceptors (Lipinski definition) is 4. The number of carbonyl (C=O) groups excluding carboxylic acids is 1. The predicted molar refractivity (Wildman–Crippen MR) is 104 cm³/mol. The molecule has 0 saturated carbocycles. The topological polar surface area (TPSA) is 32.3 Å². The van der Waals surface area contributed by atoms with E-state index in [1.165, 1.54) is 25.9 Å².